The molecule has 0 spiro atoms. The third-order valence-electron chi connectivity index (χ3n) is 8.56. The van der Waals surface area contributed by atoms with E-state index in [9.17, 15) is 8.42 Å². The summed E-state index contributed by atoms with van der Waals surface area (Å²) in [6.45, 7) is 5.25. The van der Waals surface area contributed by atoms with E-state index in [4.69, 9.17) is 16.3 Å². The van der Waals surface area contributed by atoms with Gasteiger partial charge in [-0.2, -0.15) is 4.98 Å². The Morgan fingerprint density at radius 1 is 0.953 bits per heavy atom. The van der Waals surface area contributed by atoms with Gasteiger partial charge >= 0.3 is 0 Å². The van der Waals surface area contributed by atoms with E-state index in [1.807, 2.05) is 6.07 Å². The number of nitrogens with one attached hydrogen (secondary N) is 3. The largest absolute Gasteiger partial charge is 0.491 e. The van der Waals surface area contributed by atoms with E-state index in [1.165, 1.54) is 77.3 Å². The minimum absolute atomic E-state index is 0.0907. The molecule has 12 heteroatoms. The topological polar surface area (TPSA) is 112 Å². The van der Waals surface area contributed by atoms with Crippen molar-refractivity contribution in [3.05, 3.63) is 53.7 Å². The molecule has 2 saturated heterocycles. The highest BCUT2D eigenvalue weighted by Crippen LogP contribution is 2.37. The summed E-state index contributed by atoms with van der Waals surface area (Å²) < 4.78 is 33.8. The molecule has 3 fully saturated rings. The maximum Gasteiger partial charge on any atom is 0.242 e. The van der Waals surface area contributed by atoms with E-state index in [0.29, 0.717) is 30.2 Å². The minimum Gasteiger partial charge on any atom is -0.491 e. The van der Waals surface area contributed by atoms with Crippen LogP contribution in [0.4, 0.5) is 28.8 Å². The Labute approximate surface area is 259 Å². The SMILES string of the molecule is CNS(=O)(=O)c1ccccc1Nc1nc(Nc2ccc(N3CCC(N4CCCCC4)CC3)cc2OCC2CC2)ncc1Cl. The lowest BCUT2D eigenvalue weighted by molar-refractivity contribution is 0.141. The van der Waals surface area contributed by atoms with Gasteiger partial charge in [-0.15, -0.1) is 0 Å². The molecule has 0 amide bonds. The van der Waals surface area contributed by atoms with Crippen molar-refractivity contribution in [2.75, 3.05) is 55.4 Å². The van der Waals surface area contributed by atoms with Gasteiger partial charge in [0.2, 0.25) is 16.0 Å². The molecule has 2 aliphatic heterocycles. The van der Waals surface area contributed by atoms with Gasteiger partial charge in [0.15, 0.2) is 5.82 Å². The van der Waals surface area contributed by atoms with E-state index in [1.54, 1.807) is 18.2 Å². The molecule has 0 unspecified atom stereocenters. The van der Waals surface area contributed by atoms with Crippen LogP contribution in [-0.4, -0.2) is 69.2 Å². The Hall–Kier alpha value is -3.12. The van der Waals surface area contributed by atoms with Gasteiger partial charge in [0.05, 0.1) is 24.2 Å². The van der Waals surface area contributed by atoms with Crippen LogP contribution in [0.1, 0.15) is 44.9 Å². The highest BCUT2D eigenvalue weighted by atomic mass is 35.5. The molecule has 43 heavy (non-hydrogen) atoms. The smallest absolute Gasteiger partial charge is 0.242 e. The first kappa shape index (κ1) is 29.9. The molecular weight excluding hydrogens is 586 g/mol. The average Bonchev–Trinajstić information content (AvgIpc) is 3.88. The molecule has 0 atom stereocenters. The van der Waals surface area contributed by atoms with Crippen LogP contribution >= 0.6 is 11.6 Å². The van der Waals surface area contributed by atoms with Crippen LogP contribution < -0.4 is 25.0 Å². The number of hydrogen-bond acceptors (Lipinski definition) is 9. The quantitative estimate of drug-likeness (QED) is 0.244. The Morgan fingerprint density at radius 3 is 2.47 bits per heavy atom. The lowest BCUT2D eigenvalue weighted by Crippen LogP contribution is -2.46. The number of aromatic nitrogens is 2. The zero-order valence-corrected chi connectivity index (χ0v) is 26.1. The van der Waals surface area contributed by atoms with Crippen LogP contribution in [0.2, 0.25) is 5.02 Å². The average molecular weight is 626 g/mol. The summed E-state index contributed by atoms with van der Waals surface area (Å²) in [5.74, 6) is 1.97. The molecule has 1 saturated carbocycles. The Kier molecular flexibility index (Phi) is 9.22. The molecule has 3 aliphatic rings. The fourth-order valence-corrected chi connectivity index (χ4v) is 6.90. The van der Waals surface area contributed by atoms with Crippen LogP contribution in [0.15, 0.2) is 53.6 Å². The molecule has 2 aromatic carbocycles. The van der Waals surface area contributed by atoms with Crippen LogP contribution in [0.3, 0.4) is 0 Å². The zero-order valence-electron chi connectivity index (χ0n) is 24.6. The van der Waals surface area contributed by atoms with E-state index in [0.717, 1.165) is 30.2 Å². The highest BCUT2D eigenvalue weighted by molar-refractivity contribution is 7.89. The summed E-state index contributed by atoms with van der Waals surface area (Å²) >= 11 is 6.43. The van der Waals surface area contributed by atoms with Crippen molar-refractivity contribution < 1.29 is 13.2 Å². The number of anilines is 5. The van der Waals surface area contributed by atoms with Gasteiger partial charge in [-0.05, 0) is 88.8 Å². The molecule has 10 nitrogen and oxygen atoms in total. The lowest BCUT2D eigenvalue weighted by atomic mass is 9.99. The molecule has 6 rings (SSSR count). The van der Waals surface area contributed by atoms with Crippen LogP contribution in [-0.2, 0) is 10.0 Å². The number of benzene rings is 2. The van der Waals surface area contributed by atoms with Crippen molar-refractivity contribution in [3.8, 4) is 5.75 Å². The number of halogens is 1. The summed E-state index contributed by atoms with van der Waals surface area (Å²) in [4.78, 5) is 14.2. The summed E-state index contributed by atoms with van der Waals surface area (Å²) in [5, 5.41) is 6.63. The second-order valence-corrected chi connectivity index (χ2v) is 13.9. The standard InChI is InChI=1S/C31H40ClN7O3S/c1-33-43(40,41)29-8-4-3-7-27(29)35-30-25(32)20-34-31(37-30)36-26-12-11-24(19-28(26)42-21-22-9-10-22)39-17-13-23(14-18-39)38-15-5-2-6-16-38/h3-4,7-8,11-12,19-20,22-23,33H,2,5-6,9-10,13-18,21H2,1H3,(H2,34,35,36,37). The summed E-state index contributed by atoms with van der Waals surface area (Å²) in [7, 11) is -2.32. The van der Waals surface area contributed by atoms with Crippen LogP contribution in [0, 0.1) is 5.92 Å². The second kappa shape index (κ2) is 13.3. The number of piperidine rings is 2. The number of sulfonamides is 1. The predicted octanol–water partition coefficient (Wildman–Crippen LogP) is 5.77. The van der Waals surface area contributed by atoms with Crippen molar-refractivity contribution in [3.63, 3.8) is 0 Å². The van der Waals surface area contributed by atoms with E-state index >= 15 is 0 Å². The zero-order chi connectivity index (χ0) is 29.8. The number of ether oxygens (including phenoxy) is 1. The van der Waals surface area contributed by atoms with E-state index in [-0.39, 0.29) is 15.7 Å². The molecule has 3 aromatic rings. The highest BCUT2D eigenvalue weighted by Gasteiger charge is 2.27. The van der Waals surface area contributed by atoms with Crippen LogP contribution in [0.25, 0.3) is 0 Å². The molecule has 1 aromatic heterocycles. The monoisotopic (exact) mass is 625 g/mol. The van der Waals surface area contributed by atoms with Gasteiger partial charge in [-0.1, -0.05) is 30.2 Å². The molecular formula is C31H40ClN7O3S. The molecule has 0 radical (unpaired) electrons. The fraction of sp³-hybridized carbons (Fsp3) is 0.484. The Morgan fingerprint density at radius 2 is 1.72 bits per heavy atom. The maximum atomic E-state index is 12.5. The van der Waals surface area contributed by atoms with E-state index in [2.05, 4.69) is 47.3 Å². The Balaban J connectivity index is 1.19. The van der Waals surface area contributed by atoms with Crippen LogP contribution in [0.5, 0.6) is 5.75 Å². The molecule has 1 aliphatic carbocycles. The number of rotatable bonds is 11. The first-order chi connectivity index (χ1) is 20.9. The predicted molar refractivity (Wildman–Crippen MR) is 172 cm³/mol. The van der Waals surface area contributed by atoms with Gasteiger partial charge < -0.3 is 25.2 Å². The van der Waals surface area contributed by atoms with Crippen molar-refractivity contribution in [2.24, 2.45) is 5.92 Å². The molecule has 3 N–H and O–H groups in total. The van der Waals surface area contributed by atoms with E-state index < -0.39 is 10.0 Å². The summed E-state index contributed by atoms with van der Waals surface area (Å²) in [5.41, 5.74) is 2.28. The van der Waals surface area contributed by atoms with Crippen molar-refractivity contribution in [2.45, 2.75) is 55.9 Å². The fourth-order valence-electron chi connectivity index (χ4n) is 5.87. The van der Waals surface area contributed by atoms with Gasteiger partial charge in [0.25, 0.3) is 0 Å². The number of likely N-dealkylation sites (tertiary alicyclic amines) is 1. The summed E-state index contributed by atoms with van der Waals surface area (Å²) in [6, 6.07) is 13.5. The molecule has 0 bridgehead atoms. The van der Waals surface area contributed by atoms with Crippen molar-refractivity contribution >= 4 is 50.5 Å². The number of para-hydroxylation sites is 1. The van der Waals surface area contributed by atoms with Gasteiger partial charge in [0.1, 0.15) is 15.7 Å². The van der Waals surface area contributed by atoms with Gasteiger partial charge in [-0.3, -0.25) is 0 Å². The normalized spacial score (nSPS) is 18.4. The number of nitrogens with zero attached hydrogens (tertiary/aromatic N) is 4. The number of hydrogen-bond donors (Lipinski definition) is 3. The Bertz CT molecular complexity index is 1520. The third-order valence-corrected chi connectivity index (χ3v) is 10.3. The first-order valence-corrected chi connectivity index (χ1v) is 17.1. The van der Waals surface area contributed by atoms with Crippen molar-refractivity contribution in [1.29, 1.82) is 0 Å². The summed E-state index contributed by atoms with van der Waals surface area (Å²) in [6.07, 6.45) is 10.3. The van der Waals surface area contributed by atoms with Gasteiger partial charge in [0, 0.05) is 30.9 Å². The lowest BCUT2D eigenvalue weighted by Gasteiger charge is -2.41. The second-order valence-electron chi connectivity index (χ2n) is 11.6. The molecule has 3 heterocycles. The van der Waals surface area contributed by atoms with Gasteiger partial charge in [-0.25, -0.2) is 18.1 Å². The molecule has 230 valence electrons. The minimum atomic E-state index is -3.69. The third kappa shape index (κ3) is 7.34. The maximum absolute atomic E-state index is 12.5. The van der Waals surface area contributed by atoms with Crippen molar-refractivity contribution in [1.82, 2.24) is 19.6 Å². The first-order valence-electron chi connectivity index (χ1n) is 15.2.